The number of nitrogens with two attached hydrogens (primary N) is 1. The number of ether oxygens (including phenoxy) is 1. The molecule has 2 aromatic rings. The maximum absolute atomic E-state index is 12.0. The van der Waals surface area contributed by atoms with Gasteiger partial charge in [0.1, 0.15) is 6.61 Å². The van der Waals surface area contributed by atoms with Crippen LogP contribution in [-0.4, -0.2) is 36.4 Å². The monoisotopic (exact) mass is 368 g/mol. The minimum Gasteiger partial charge on any atom is -0.481 e. The molecule has 6 heteroatoms. The van der Waals surface area contributed by atoms with Gasteiger partial charge in [0.2, 0.25) is 0 Å². The third-order valence-electron chi connectivity index (χ3n) is 4.80. The largest absolute Gasteiger partial charge is 0.481 e. The SMILES string of the molecule is N[C@@H](CCCNC(=O)OCC1c2ccccc2-c2ccccc21)CC(=O)O. The Labute approximate surface area is 158 Å². The number of carboxylic acids is 1. The Morgan fingerprint density at radius 1 is 1.07 bits per heavy atom. The standard InChI is InChI=1S/C21H24N2O4/c22-14(12-20(24)25)6-5-11-23-21(26)27-13-19-17-9-3-1-7-15(17)16-8-2-4-10-18(16)19/h1-4,7-10,14,19H,5-6,11-13,22H2,(H,23,26)(H,24,25)/t14-/m0/s1. The highest BCUT2D eigenvalue weighted by atomic mass is 16.5. The Bertz CT molecular complexity index is 776. The Kier molecular flexibility index (Phi) is 6.08. The van der Waals surface area contributed by atoms with Crippen LogP contribution in [0.4, 0.5) is 4.79 Å². The first-order chi connectivity index (χ1) is 13.1. The number of aliphatic carboxylic acids is 1. The van der Waals surface area contributed by atoms with Gasteiger partial charge in [-0.2, -0.15) is 0 Å². The van der Waals surface area contributed by atoms with Gasteiger partial charge in [-0.25, -0.2) is 4.79 Å². The van der Waals surface area contributed by atoms with E-state index in [1.807, 2.05) is 24.3 Å². The van der Waals surface area contributed by atoms with Crippen LogP contribution in [0.15, 0.2) is 48.5 Å². The van der Waals surface area contributed by atoms with E-state index in [1.54, 1.807) is 0 Å². The summed E-state index contributed by atoms with van der Waals surface area (Å²) in [4.78, 5) is 22.6. The highest BCUT2D eigenvalue weighted by Gasteiger charge is 2.28. The maximum Gasteiger partial charge on any atom is 0.407 e. The lowest BCUT2D eigenvalue weighted by Crippen LogP contribution is -2.29. The second kappa shape index (κ2) is 8.68. The van der Waals surface area contributed by atoms with Gasteiger partial charge in [-0.15, -0.1) is 0 Å². The summed E-state index contributed by atoms with van der Waals surface area (Å²) in [6, 6.07) is 16.0. The van der Waals surface area contributed by atoms with Gasteiger partial charge in [-0.3, -0.25) is 4.79 Å². The van der Waals surface area contributed by atoms with Crippen molar-refractivity contribution in [2.75, 3.05) is 13.2 Å². The molecule has 1 amide bonds. The first-order valence-corrected chi connectivity index (χ1v) is 9.12. The zero-order valence-electron chi connectivity index (χ0n) is 15.1. The van der Waals surface area contributed by atoms with Crippen LogP contribution in [0, 0.1) is 0 Å². The highest BCUT2D eigenvalue weighted by Crippen LogP contribution is 2.44. The number of carbonyl (C=O) groups excluding carboxylic acids is 1. The molecule has 0 radical (unpaired) electrons. The molecule has 0 heterocycles. The second-order valence-corrected chi connectivity index (χ2v) is 6.75. The molecule has 0 aromatic heterocycles. The number of amides is 1. The Morgan fingerprint density at radius 3 is 2.26 bits per heavy atom. The van der Waals surface area contributed by atoms with Crippen molar-refractivity contribution in [3.05, 3.63) is 59.7 Å². The number of alkyl carbamates (subject to hydrolysis) is 1. The maximum atomic E-state index is 12.0. The van der Waals surface area contributed by atoms with Gasteiger partial charge in [-0.05, 0) is 35.1 Å². The van der Waals surface area contributed by atoms with E-state index in [-0.39, 0.29) is 18.9 Å². The van der Waals surface area contributed by atoms with Crippen LogP contribution in [0.5, 0.6) is 0 Å². The summed E-state index contributed by atoms with van der Waals surface area (Å²) in [7, 11) is 0. The summed E-state index contributed by atoms with van der Waals surface area (Å²) in [6.45, 7) is 0.683. The molecule has 3 rings (SSSR count). The number of benzene rings is 2. The smallest absolute Gasteiger partial charge is 0.407 e. The van der Waals surface area contributed by atoms with Crippen LogP contribution in [0.1, 0.15) is 36.3 Å². The molecule has 6 nitrogen and oxygen atoms in total. The molecule has 2 aromatic carbocycles. The zero-order valence-corrected chi connectivity index (χ0v) is 15.1. The number of carboxylic acid groups (broad SMARTS) is 1. The van der Waals surface area contributed by atoms with Crippen LogP contribution in [0.2, 0.25) is 0 Å². The van der Waals surface area contributed by atoms with Crippen LogP contribution >= 0.6 is 0 Å². The second-order valence-electron chi connectivity index (χ2n) is 6.75. The number of hydrogen-bond donors (Lipinski definition) is 3. The van der Waals surface area contributed by atoms with E-state index < -0.39 is 18.1 Å². The molecule has 0 aliphatic heterocycles. The molecule has 0 saturated carbocycles. The number of carbonyl (C=O) groups is 2. The van der Waals surface area contributed by atoms with Crippen LogP contribution in [0.25, 0.3) is 11.1 Å². The number of hydrogen-bond acceptors (Lipinski definition) is 4. The number of fused-ring (bicyclic) bond motifs is 3. The van der Waals surface area contributed by atoms with Crippen LogP contribution in [-0.2, 0) is 9.53 Å². The predicted molar refractivity (Wildman–Crippen MR) is 103 cm³/mol. The van der Waals surface area contributed by atoms with Crippen LogP contribution < -0.4 is 11.1 Å². The third-order valence-corrected chi connectivity index (χ3v) is 4.80. The lowest BCUT2D eigenvalue weighted by Gasteiger charge is -2.15. The molecule has 4 N–H and O–H groups in total. The summed E-state index contributed by atoms with van der Waals surface area (Å²) >= 11 is 0. The fourth-order valence-electron chi connectivity index (χ4n) is 3.53. The molecule has 1 aliphatic carbocycles. The van der Waals surface area contributed by atoms with Crippen molar-refractivity contribution in [1.29, 1.82) is 0 Å². The average molecular weight is 368 g/mol. The minimum absolute atomic E-state index is 0.0344. The number of nitrogens with one attached hydrogen (secondary N) is 1. The summed E-state index contributed by atoms with van der Waals surface area (Å²) in [5, 5.41) is 11.4. The quantitative estimate of drug-likeness (QED) is 0.622. The van der Waals surface area contributed by atoms with Crippen molar-refractivity contribution in [2.45, 2.75) is 31.2 Å². The van der Waals surface area contributed by atoms with Crippen molar-refractivity contribution >= 4 is 12.1 Å². The molecule has 0 unspecified atom stereocenters. The van der Waals surface area contributed by atoms with Gasteiger partial charge in [-0.1, -0.05) is 48.5 Å². The van der Waals surface area contributed by atoms with E-state index in [9.17, 15) is 9.59 Å². The molecule has 142 valence electrons. The molecule has 27 heavy (non-hydrogen) atoms. The van der Waals surface area contributed by atoms with Gasteiger partial charge in [0, 0.05) is 18.5 Å². The summed E-state index contributed by atoms with van der Waals surface area (Å²) in [6.07, 6.45) is 0.614. The van der Waals surface area contributed by atoms with E-state index in [4.69, 9.17) is 15.6 Å². The molecule has 0 bridgehead atoms. The van der Waals surface area contributed by atoms with Crippen molar-refractivity contribution in [3.63, 3.8) is 0 Å². The van der Waals surface area contributed by atoms with Gasteiger partial charge < -0.3 is 20.9 Å². The summed E-state index contributed by atoms with van der Waals surface area (Å²) in [5.74, 6) is -0.876. The zero-order chi connectivity index (χ0) is 19.2. The van der Waals surface area contributed by atoms with Crippen molar-refractivity contribution < 1.29 is 19.4 Å². The molecule has 0 spiro atoms. The van der Waals surface area contributed by atoms with E-state index in [0.29, 0.717) is 19.4 Å². The van der Waals surface area contributed by atoms with E-state index >= 15 is 0 Å². The Balaban J connectivity index is 1.49. The van der Waals surface area contributed by atoms with E-state index in [0.717, 1.165) is 0 Å². The van der Waals surface area contributed by atoms with E-state index in [2.05, 4.69) is 29.6 Å². The molecule has 0 saturated heterocycles. The first kappa shape index (κ1) is 18.9. The predicted octanol–water partition coefficient (Wildman–Crippen LogP) is 3.11. The van der Waals surface area contributed by atoms with Crippen molar-refractivity contribution in [3.8, 4) is 11.1 Å². The molecule has 0 fully saturated rings. The minimum atomic E-state index is -0.910. The molecular formula is C21H24N2O4. The summed E-state index contributed by atoms with van der Waals surface area (Å²) < 4.78 is 5.44. The molecule has 1 aliphatic rings. The van der Waals surface area contributed by atoms with Crippen molar-refractivity contribution in [1.82, 2.24) is 5.32 Å². The van der Waals surface area contributed by atoms with Gasteiger partial charge in [0.25, 0.3) is 0 Å². The third kappa shape index (κ3) is 4.65. The van der Waals surface area contributed by atoms with Gasteiger partial charge >= 0.3 is 12.1 Å². The van der Waals surface area contributed by atoms with Gasteiger partial charge in [0.05, 0.1) is 6.42 Å². The van der Waals surface area contributed by atoms with Crippen molar-refractivity contribution in [2.24, 2.45) is 5.73 Å². The fourth-order valence-corrected chi connectivity index (χ4v) is 3.53. The summed E-state index contributed by atoms with van der Waals surface area (Å²) in [5.41, 5.74) is 10.4. The Hall–Kier alpha value is -2.86. The Morgan fingerprint density at radius 2 is 1.67 bits per heavy atom. The molecule has 1 atom stereocenters. The lowest BCUT2D eigenvalue weighted by atomic mass is 9.98. The highest BCUT2D eigenvalue weighted by molar-refractivity contribution is 5.79. The van der Waals surface area contributed by atoms with Gasteiger partial charge in [0.15, 0.2) is 0 Å². The van der Waals surface area contributed by atoms with Crippen LogP contribution in [0.3, 0.4) is 0 Å². The van der Waals surface area contributed by atoms with E-state index in [1.165, 1.54) is 22.3 Å². The molecular weight excluding hydrogens is 344 g/mol. The average Bonchev–Trinajstić information content (AvgIpc) is 2.97. The topological polar surface area (TPSA) is 102 Å². The fraction of sp³-hybridized carbons (Fsp3) is 0.333. The number of rotatable bonds is 8. The normalized spacial score (nSPS) is 13.5. The first-order valence-electron chi connectivity index (χ1n) is 9.12. The lowest BCUT2D eigenvalue weighted by molar-refractivity contribution is -0.137.